The molecule has 4 heteroatoms. The lowest BCUT2D eigenvalue weighted by Gasteiger charge is -2.09. The van der Waals surface area contributed by atoms with Gasteiger partial charge in [0.2, 0.25) is 6.41 Å². The summed E-state index contributed by atoms with van der Waals surface area (Å²) in [4.78, 5) is 14.8. The van der Waals surface area contributed by atoms with Crippen molar-refractivity contribution in [2.75, 3.05) is 0 Å². The van der Waals surface area contributed by atoms with E-state index in [0.29, 0.717) is 6.41 Å². The van der Waals surface area contributed by atoms with Gasteiger partial charge in [0.1, 0.15) is 5.82 Å². The number of para-hydroxylation sites is 2. The molecule has 0 radical (unpaired) electrons. The minimum Gasteiger partial charge on any atom is -0.349 e. The molecule has 2 aromatic rings. The first-order chi connectivity index (χ1) is 7.24. The second-order valence-electron chi connectivity index (χ2n) is 3.52. The monoisotopic (exact) mass is 203 g/mol. The highest BCUT2D eigenvalue weighted by molar-refractivity contribution is 5.75. The highest BCUT2D eigenvalue weighted by Gasteiger charge is 2.12. The molecule has 15 heavy (non-hydrogen) atoms. The normalized spacial score (nSPS) is 12.7. The number of carbonyl (C=O) groups is 1. The van der Waals surface area contributed by atoms with Gasteiger partial charge in [-0.1, -0.05) is 12.1 Å². The molecule has 0 spiro atoms. The molecule has 1 heterocycles. The molecule has 0 fully saturated rings. The summed E-state index contributed by atoms with van der Waals surface area (Å²) in [6, 6.07) is 7.84. The fourth-order valence-corrected chi connectivity index (χ4v) is 1.73. The van der Waals surface area contributed by atoms with E-state index in [1.165, 1.54) is 0 Å². The number of hydrogen-bond donors (Lipinski definition) is 1. The van der Waals surface area contributed by atoms with Crippen molar-refractivity contribution >= 4 is 17.4 Å². The van der Waals surface area contributed by atoms with Gasteiger partial charge in [-0.25, -0.2) is 4.98 Å². The van der Waals surface area contributed by atoms with Gasteiger partial charge in [0.25, 0.3) is 0 Å². The topological polar surface area (TPSA) is 46.9 Å². The Kier molecular flexibility index (Phi) is 2.41. The van der Waals surface area contributed by atoms with Gasteiger partial charge in [0.15, 0.2) is 0 Å². The average molecular weight is 203 g/mol. The molecule has 0 saturated heterocycles. The minimum absolute atomic E-state index is 0.0695. The molecule has 0 aliphatic rings. The van der Waals surface area contributed by atoms with Crippen LogP contribution in [0.2, 0.25) is 0 Å². The Morgan fingerprint density at radius 2 is 2.20 bits per heavy atom. The van der Waals surface area contributed by atoms with Gasteiger partial charge < -0.3 is 9.88 Å². The zero-order valence-electron chi connectivity index (χ0n) is 8.77. The third-order valence-corrected chi connectivity index (χ3v) is 2.53. The molecule has 1 amide bonds. The molecular formula is C11H13N3O. The molecule has 1 unspecified atom stereocenters. The van der Waals surface area contributed by atoms with Crippen LogP contribution in [0.4, 0.5) is 0 Å². The fraction of sp³-hybridized carbons (Fsp3) is 0.273. The van der Waals surface area contributed by atoms with Crippen molar-refractivity contribution in [2.24, 2.45) is 7.05 Å². The van der Waals surface area contributed by atoms with Crippen LogP contribution in [-0.2, 0) is 11.8 Å². The molecule has 78 valence electrons. The Morgan fingerprint density at radius 3 is 2.87 bits per heavy atom. The van der Waals surface area contributed by atoms with Gasteiger partial charge in [-0.05, 0) is 19.1 Å². The van der Waals surface area contributed by atoms with E-state index < -0.39 is 0 Å². The number of nitrogens with one attached hydrogen (secondary N) is 1. The maximum absolute atomic E-state index is 10.4. The van der Waals surface area contributed by atoms with Crippen molar-refractivity contribution in [3.05, 3.63) is 30.1 Å². The van der Waals surface area contributed by atoms with E-state index in [9.17, 15) is 4.79 Å². The Bertz CT molecular complexity index is 490. The van der Waals surface area contributed by atoms with Gasteiger partial charge in [-0.2, -0.15) is 0 Å². The van der Waals surface area contributed by atoms with Gasteiger partial charge in [0.05, 0.1) is 17.1 Å². The maximum Gasteiger partial charge on any atom is 0.207 e. The van der Waals surface area contributed by atoms with Crippen molar-refractivity contribution in [3.8, 4) is 0 Å². The van der Waals surface area contributed by atoms with Gasteiger partial charge in [-0.3, -0.25) is 4.79 Å². The Labute approximate surface area is 87.9 Å². The van der Waals surface area contributed by atoms with Crippen molar-refractivity contribution in [1.29, 1.82) is 0 Å². The Hall–Kier alpha value is -1.84. The first-order valence-electron chi connectivity index (χ1n) is 4.85. The number of rotatable bonds is 3. The molecule has 0 bridgehead atoms. The predicted molar refractivity (Wildman–Crippen MR) is 58.3 cm³/mol. The number of amides is 1. The number of fused-ring (bicyclic) bond motifs is 1. The van der Waals surface area contributed by atoms with Crippen LogP contribution in [0.5, 0.6) is 0 Å². The van der Waals surface area contributed by atoms with Gasteiger partial charge >= 0.3 is 0 Å². The molecule has 1 aromatic carbocycles. The number of aromatic nitrogens is 2. The summed E-state index contributed by atoms with van der Waals surface area (Å²) in [5.74, 6) is 0.864. The average Bonchev–Trinajstić information content (AvgIpc) is 2.57. The van der Waals surface area contributed by atoms with Crippen LogP contribution < -0.4 is 5.32 Å². The van der Waals surface area contributed by atoms with E-state index >= 15 is 0 Å². The number of imidazole rings is 1. The Morgan fingerprint density at radius 1 is 1.47 bits per heavy atom. The standard InChI is InChI=1S/C11H13N3O/c1-8(12-7-15)11-13-9-5-3-4-6-10(9)14(11)2/h3-8H,1-2H3,(H,12,15). The van der Waals surface area contributed by atoms with E-state index in [1.54, 1.807) is 0 Å². The lowest BCUT2D eigenvalue weighted by molar-refractivity contribution is -0.110. The van der Waals surface area contributed by atoms with E-state index in [0.717, 1.165) is 16.9 Å². The predicted octanol–water partition coefficient (Wildman–Crippen LogP) is 1.38. The lowest BCUT2D eigenvalue weighted by Crippen LogP contribution is -2.19. The summed E-state index contributed by atoms with van der Waals surface area (Å²) in [5, 5.41) is 2.70. The van der Waals surface area contributed by atoms with Crippen LogP contribution in [0.3, 0.4) is 0 Å². The summed E-state index contributed by atoms with van der Waals surface area (Å²) in [5.41, 5.74) is 2.03. The number of nitrogens with zero attached hydrogens (tertiary/aromatic N) is 2. The highest BCUT2D eigenvalue weighted by atomic mass is 16.1. The van der Waals surface area contributed by atoms with E-state index in [4.69, 9.17) is 0 Å². The lowest BCUT2D eigenvalue weighted by atomic mass is 10.3. The van der Waals surface area contributed by atoms with Crippen LogP contribution in [0.1, 0.15) is 18.8 Å². The first kappa shape index (κ1) is 9.71. The van der Waals surface area contributed by atoms with Crippen molar-refractivity contribution in [3.63, 3.8) is 0 Å². The highest BCUT2D eigenvalue weighted by Crippen LogP contribution is 2.18. The van der Waals surface area contributed by atoms with E-state index in [-0.39, 0.29) is 6.04 Å². The second kappa shape index (κ2) is 3.73. The number of benzene rings is 1. The van der Waals surface area contributed by atoms with Crippen LogP contribution in [-0.4, -0.2) is 16.0 Å². The number of carbonyl (C=O) groups excluding carboxylic acids is 1. The molecule has 1 aromatic heterocycles. The fourth-order valence-electron chi connectivity index (χ4n) is 1.73. The third-order valence-electron chi connectivity index (χ3n) is 2.53. The second-order valence-corrected chi connectivity index (χ2v) is 3.52. The molecule has 1 N–H and O–H groups in total. The van der Waals surface area contributed by atoms with Gasteiger partial charge in [-0.15, -0.1) is 0 Å². The van der Waals surface area contributed by atoms with E-state index in [1.807, 2.05) is 42.8 Å². The SMILES string of the molecule is CC(NC=O)c1nc2ccccc2n1C. The quantitative estimate of drug-likeness (QED) is 0.766. The van der Waals surface area contributed by atoms with Crippen molar-refractivity contribution in [2.45, 2.75) is 13.0 Å². The minimum atomic E-state index is -0.0695. The molecule has 0 aliphatic heterocycles. The third kappa shape index (κ3) is 1.58. The van der Waals surface area contributed by atoms with Crippen molar-refractivity contribution in [1.82, 2.24) is 14.9 Å². The van der Waals surface area contributed by atoms with Crippen molar-refractivity contribution < 1.29 is 4.79 Å². The summed E-state index contributed by atoms with van der Waals surface area (Å²) in [7, 11) is 1.95. The largest absolute Gasteiger partial charge is 0.349 e. The summed E-state index contributed by atoms with van der Waals surface area (Å²) >= 11 is 0. The summed E-state index contributed by atoms with van der Waals surface area (Å²) in [6.07, 6.45) is 0.698. The van der Waals surface area contributed by atoms with Crippen LogP contribution in [0.25, 0.3) is 11.0 Å². The molecule has 0 aliphatic carbocycles. The maximum atomic E-state index is 10.4. The molecular weight excluding hydrogens is 190 g/mol. The zero-order valence-corrected chi connectivity index (χ0v) is 8.77. The Balaban J connectivity index is 2.52. The smallest absolute Gasteiger partial charge is 0.207 e. The van der Waals surface area contributed by atoms with E-state index in [2.05, 4.69) is 10.3 Å². The molecule has 0 saturated carbocycles. The van der Waals surface area contributed by atoms with Gasteiger partial charge in [0, 0.05) is 7.05 Å². The van der Waals surface area contributed by atoms with Crippen LogP contribution >= 0.6 is 0 Å². The summed E-state index contributed by atoms with van der Waals surface area (Å²) in [6.45, 7) is 1.91. The first-order valence-corrected chi connectivity index (χ1v) is 4.85. The molecule has 4 nitrogen and oxygen atoms in total. The molecule has 2 rings (SSSR count). The van der Waals surface area contributed by atoms with Crippen LogP contribution in [0, 0.1) is 0 Å². The summed E-state index contributed by atoms with van der Waals surface area (Å²) < 4.78 is 2.00. The number of aryl methyl sites for hydroxylation is 1. The number of hydrogen-bond acceptors (Lipinski definition) is 2. The zero-order chi connectivity index (χ0) is 10.8. The molecule has 1 atom stereocenters. The van der Waals surface area contributed by atoms with Crippen LogP contribution in [0.15, 0.2) is 24.3 Å².